The molecule has 0 bridgehead atoms. The number of benzene rings is 1. The quantitative estimate of drug-likeness (QED) is 0.864. The second kappa shape index (κ2) is 7.55. The number of amides is 2. The third kappa shape index (κ3) is 5.43. The minimum absolute atomic E-state index is 0.543. The van der Waals surface area contributed by atoms with Crippen LogP contribution in [-0.4, -0.2) is 37.1 Å². The van der Waals surface area contributed by atoms with Gasteiger partial charge in [0.2, 0.25) is 11.8 Å². The molecule has 0 saturated carbocycles. The number of anilines is 2. The lowest BCUT2D eigenvalue weighted by atomic mass is 10.2. The van der Waals surface area contributed by atoms with Crippen molar-refractivity contribution in [1.82, 2.24) is 5.32 Å². The lowest BCUT2D eigenvalue weighted by Gasteiger charge is -2.19. The first-order valence-electron chi connectivity index (χ1n) is 7.76. The lowest BCUT2D eigenvalue weighted by Crippen LogP contribution is -2.42. The van der Waals surface area contributed by atoms with Crippen LogP contribution in [0.4, 0.5) is 24.5 Å². The Labute approximate surface area is 138 Å². The molecule has 24 heavy (non-hydrogen) atoms. The predicted molar refractivity (Wildman–Crippen MR) is 84.8 cm³/mol. The van der Waals surface area contributed by atoms with Gasteiger partial charge in [-0.15, -0.1) is 0 Å². The maximum Gasteiger partial charge on any atom is 0.397 e. The van der Waals surface area contributed by atoms with Crippen LogP contribution in [0.25, 0.3) is 0 Å². The van der Waals surface area contributed by atoms with Gasteiger partial charge in [-0.2, -0.15) is 13.2 Å². The number of halogens is 3. The second-order valence-corrected chi connectivity index (χ2v) is 5.81. The van der Waals surface area contributed by atoms with E-state index >= 15 is 0 Å². The van der Waals surface area contributed by atoms with Gasteiger partial charge in [-0.3, -0.25) is 9.59 Å². The van der Waals surface area contributed by atoms with E-state index in [1.54, 1.807) is 12.1 Å². The normalized spacial score (nSPS) is 15.9. The molecule has 2 N–H and O–H groups in total. The molecule has 1 aliphatic rings. The molecule has 1 heterocycles. The number of hydrogen-bond donors (Lipinski definition) is 2. The number of carbonyl (C=O) groups is 2. The van der Waals surface area contributed by atoms with Crippen molar-refractivity contribution in [3.05, 3.63) is 24.3 Å². The molecule has 8 heteroatoms. The monoisotopic (exact) mass is 343 g/mol. The SMILES string of the molecule is CC(NC(=O)CC(F)(F)F)C(=O)Nc1cccc(N2CCCC2)c1. The summed E-state index contributed by atoms with van der Waals surface area (Å²) < 4.78 is 36.4. The highest BCUT2D eigenvalue weighted by molar-refractivity contribution is 5.97. The molecule has 1 unspecified atom stereocenters. The Kier molecular flexibility index (Phi) is 5.69. The molecule has 1 fully saturated rings. The fraction of sp³-hybridized carbons (Fsp3) is 0.500. The van der Waals surface area contributed by atoms with E-state index in [2.05, 4.69) is 10.2 Å². The van der Waals surface area contributed by atoms with Crippen molar-refractivity contribution in [2.75, 3.05) is 23.3 Å². The summed E-state index contributed by atoms with van der Waals surface area (Å²) in [6.07, 6.45) is -3.95. The maximum absolute atomic E-state index is 12.1. The summed E-state index contributed by atoms with van der Waals surface area (Å²) in [5.74, 6) is -1.79. The molecule has 0 radical (unpaired) electrons. The summed E-state index contributed by atoms with van der Waals surface area (Å²) >= 11 is 0. The van der Waals surface area contributed by atoms with E-state index in [4.69, 9.17) is 0 Å². The van der Waals surface area contributed by atoms with Crippen molar-refractivity contribution >= 4 is 23.2 Å². The number of rotatable bonds is 5. The Morgan fingerprint density at radius 2 is 1.92 bits per heavy atom. The Morgan fingerprint density at radius 3 is 2.54 bits per heavy atom. The van der Waals surface area contributed by atoms with E-state index in [0.717, 1.165) is 31.6 Å². The second-order valence-electron chi connectivity index (χ2n) is 5.81. The van der Waals surface area contributed by atoms with Crippen LogP contribution in [0.2, 0.25) is 0 Å². The van der Waals surface area contributed by atoms with Gasteiger partial charge < -0.3 is 15.5 Å². The Bertz CT molecular complexity index is 598. The fourth-order valence-corrected chi connectivity index (χ4v) is 2.55. The van der Waals surface area contributed by atoms with Gasteiger partial charge in [0.05, 0.1) is 0 Å². The highest BCUT2D eigenvalue weighted by atomic mass is 19.4. The number of nitrogens with zero attached hydrogens (tertiary/aromatic N) is 1. The van der Waals surface area contributed by atoms with Gasteiger partial charge in [0.25, 0.3) is 0 Å². The molecule has 2 amide bonds. The van der Waals surface area contributed by atoms with Gasteiger partial charge in [-0.1, -0.05) is 6.07 Å². The number of alkyl halides is 3. The third-order valence-electron chi connectivity index (χ3n) is 3.72. The van der Waals surface area contributed by atoms with Crippen LogP contribution in [0, 0.1) is 0 Å². The fourth-order valence-electron chi connectivity index (χ4n) is 2.55. The smallest absolute Gasteiger partial charge is 0.371 e. The van der Waals surface area contributed by atoms with Crippen molar-refractivity contribution in [3.8, 4) is 0 Å². The molecule has 1 aromatic rings. The van der Waals surface area contributed by atoms with Crippen molar-refractivity contribution in [1.29, 1.82) is 0 Å². The minimum atomic E-state index is -4.59. The molecule has 0 aromatic heterocycles. The van der Waals surface area contributed by atoms with E-state index < -0.39 is 30.5 Å². The topological polar surface area (TPSA) is 61.4 Å². The molecule has 0 spiro atoms. The van der Waals surface area contributed by atoms with Gasteiger partial charge in [0.15, 0.2) is 0 Å². The standard InChI is InChI=1S/C16H20F3N3O2/c1-11(20-14(23)10-16(17,18)19)15(24)21-12-5-4-6-13(9-12)22-7-2-3-8-22/h4-6,9,11H,2-3,7-8,10H2,1H3,(H,20,23)(H,21,24). The number of nitrogens with one attached hydrogen (secondary N) is 2. The summed E-state index contributed by atoms with van der Waals surface area (Å²) in [7, 11) is 0. The van der Waals surface area contributed by atoms with Gasteiger partial charge in [0.1, 0.15) is 12.5 Å². The summed E-state index contributed by atoms with van der Waals surface area (Å²) in [5.41, 5.74) is 1.53. The first kappa shape index (κ1) is 18.1. The first-order chi connectivity index (χ1) is 11.2. The predicted octanol–water partition coefficient (Wildman–Crippen LogP) is 2.68. The Hall–Kier alpha value is -2.25. The van der Waals surface area contributed by atoms with Crippen molar-refractivity contribution < 1.29 is 22.8 Å². The van der Waals surface area contributed by atoms with Crippen molar-refractivity contribution in [3.63, 3.8) is 0 Å². The Balaban J connectivity index is 1.91. The number of hydrogen-bond acceptors (Lipinski definition) is 3. The summed E-state index contributed by atoms with van der Waals surface area (Å²) in [5, 5.41) is 4.66. The van der Waals surface area contributed by atoms with Crippen molar-refractivity contribution in [2.24, 2.45) is 0 Å². The van der Waals surface area contributed by atoms with E-state index in [1.165, 1.54) is 6.92 Å². The average molecular weight is 343 g/mol. The first-order valence-corrected chi connectivity index (χ1v) is 7.76. The van der Waals surface area contributed by atoms with Crippen LogP contribution < -0.4 is 15.5 Å². The molecule has 0 aliphatic carbocycles. The zero-order chi connectivity index (χ0) is 17.7. The molecule has 1 aliphatic heterocycles. The van der Waals surface area contributed by atoms with Crippen LogP contribution in [0.15, 0.2) is 24.3 Å². The molecule has 132 valence electrons. The zero-order valence-corrected chi connectivity index (χ0v) is 13.3. The van der Waals surface area contributed by atoms with E-state index in [-0.39, 0.29) is 0 Å². The zero-order valence-electron chi connectivity index (χ0n) is 13.3. The van der Waals surface area contributed by atoms with Gasteiger partial charge >= 0.3 is 6.18 Å². The van der Waals surface area contributed by atoms with Crippen LogP contribution in [0.5, 0.6) is 0 Å². The van der Waals surface area contributed by atoms with Gasteiger partial charge in [0, 0.05) is 24.5 Å². The molecule has 5 nitrogen and oxygen atoms in total. The lowest BCUT2D eigenvalue weighted by molar-refractivity contribution is -0.154. The van der Waals surface area contributed by atoms with E-state index in [0.29, 0.717) is 5.69 Å². The molecular weight excluding hydrogens is 323 g/mol. The summed E-state index contributed by atoms with van der Waals surface area (Å²) in [6.45, 7) is 3.26. The van der Waals surface area contributed by atoms with E-state index in [9.17, 15) is 22.8 Å². The summed E-state index contributed by atoms with van der Waals surface area (Å²) in [4.78, 5) is 25.5. The van der Waals surface area contributed by atoms with E-state index in [1.807, 2.05) is 17.4 Å². The highest BCUT2D eigenvalue weighted by Crippen LogP contribution is 2.23. The number of carbonyl (C=O) groups excluding carboxylic acids is 2. The molecule has 1 atom stereocenters. The molecule has 1 saturated heterocycles. The van der Waals surface area contributed by atoms with Gasteiger partial charge in [-0.25, -0.2) is 0 Å². The largest absolute Gasteiger partial charge is 0.397 e. The van der Waals surface area contributed by atoms with Crippen LogP contribution >= 0.6 is 0 Å². The summed E-state index contributed by atoms with van der Waals surface area (Å²) in [6, 6.07) is 6.19. The van der Waals surface area contributed by atoms with Crippen LogP contribution in [-0.2, 0) is 9.59 Å². The average Bonchev–Trinajstić information content (AvgIpc) is 2.99. The highest BCUT2D eigenvalue weighted by Gasteiger charge is 2.32. The van der Waals surface area contributed by atoms with Crippen LogP contribution in [0.1, 0.15) is 26.2 Å². The molecular formula is C16H20F3N3O2. The Morgan fingerprint density at radius 1 is 1.25 bits per heavy atom. The van der Waals surface area contributed by atoms with Crippen molar-refractivity contribution in [2.45, 2.75) is 38.4 Å². The maximum atomic E-state index is 12.1. The third-order valence-corrected chi connectivity index (χ3v) is 3.72. The minimum Gasteiger partial charge on any atom is -0.371 e. The van der Waals surface area contributed by atoms with Crippen LogP contribution in [0.3, 0.4) is 0 Å². The molecule has 1 aromatic carbocycles. The molecule has 2 rings (SSSR count). The van der Waals surface area contributed by atoms with Gasteiger partial charge in [-0.05, 0) is 38.0 Å².